The molecule has 150 valence electrons. The average molecular weight is 403 g/mol. The Labute approximate surface area is 171 Å². The molecule has 0 spiro atoms. The van der Waals surface area contributed by atoms with Crippen molar-refractivity contribution in [3.8, 4) is 5.75 Å². The van der Waals surface area contributed by atoms with E-state index in [0.717, 1.165) is 11.1 Å². The molecule has 0 aliphatic heterocycles. The quantitative estimate of drug-likeness (QED) is 0.690. The summed E-state index contributed by atoms with van der Waals surface area (Å²) in [6.45, 7) is 6.37. The molecule has 0 aliphatic rings. The molecule has 1 atom stereocenters. The Bertz CT molecular complexity index is 793. The third-order valence-electron chi connectivity index (χ3n) is 4.45. The van der Waals surface area contributed by atoms with Crippen LogP contribution in [0.4, 0.5) is 0 Å². The number of amides is 2. The lowest BCUT2D eigenvalue weighted by molar-refractivity contribution is -0.142. The maximum atomic E-state index is 13.0. The number of likely N-dealkylation sites (N-methyl/N-ethyl adjacent to an activating group) is 1. The van der Waals surface area contributed by atoms with Gasteiger partial charge in [0.25, 0.3) is 5.91 Å². The fourth-order valence-electron chi connectivity index (χ4n) is 2.94. The first-order valence-electron chi connectivity index (χ1n) is 9.46. The van der Waals surface area contributed by atoms with Gasteiger partial charge in [0, 0.05) is 18.1 Å². The first-order valence-corrected chi connectivity index (χ1v) is 9.84. The number of carbonyl (C=O) groups is 2. The molecule has 0 radical (unpaired) electrons. The minimum atomic E-state index is -0.566. The van der Waals surface area contributed by atoms with Crippen LogP contribution in [0.25, 0.3) is 0 Å². The molecule has 0 saturated carbocycles. The molecule has 2 aromatic rings. The van der Waals surface area contributed by atoms with E-state index in [1.165, 1.54) is 0 Å². The number of halogens is 1. The van der Waals surface area contributed by atoms with E-state index in [1.54, 1.807) is 17.0 Å². The number of ether oxygens (including phenoxy) is 1. The van der Waals surface area contributed by atoms with Crippen LogP contribution in [-0.4, -0.2) is 35.9 Å². The summed E-state index contributed by atoms with van der Waals surface area (Å²) < 4.78 is 5.73. The normalized spacial score (nSPS) is 11.6. The van der Waals surface area contributed by atoms with Gasteiger partial charge in [0.15, 0.2) is 6.61 Å². The summed E-state index contributed by atoms with van der Waals surface area (Å²) in [4.78, 5) is 27.1. The number of para-hydroxylation sites is 1. The third kappa shape index (κ3) is 5.99. The van der Waals surface area contributed by atoms with Crippen molar-refractivity contribution in [1.82, 2.24) is 10.2 Å². The Morgan fingerprint density at radius 1 is 1.11 bits per heavy atom. The van der Waals surface area contributed by atoms with Gasteiger partial charge in [-0.2, -0.15) is 0 Å². The number of benzene rings is 2. The summed E-state index contributed by atoms with van der Waals surface area (Å²) in [7, 11) is 0. The molecule has 5 nitrogen and oxygen atoms in total. The van der Waals surface area contributed by atoms with Gasteiger partial charge in [-0.1, -0.05) is 48.9 Å². The third-order valence-corrected chi connectivity index (χ3v) is 4.70. The SMILES string of the molecule is CCNC(=O)[C@H](CC)N(Cc1ccc(Cl)cc1)C(=O)COc1ccccc1C. The van der Waals surface area contributed by atoms with Crippen LogP contribution in [0.3, 0.4) is 0 Å². The summed E-state index contributed by atoms with van der Waals surface area (Å²) in [5, 5.41) is 3.44. The zero-order valence-corrected chi connectivity index (χ0v) is 17.3. The van der Waals surface area contributed by atoms with E-state index >= 15 is 0 Å². The molecule has 0 saturated heterocycles. The number of hydrogen-bond acceptors (Lipinski definition) is 3. The lowest BCUT2D eigenvalue weighted by Gasteiger charge is -2.30. The van der Waals surface area contributed by atoms with E-state index in [0.29, 0.717) is 30.3 Å². The second-order valence-corrected chi connectivity index (χ2v) is 6.96. The fraction of sp³-hybridized carbons (Fsp3) is 0.364. The number of carbonyl (C=O) groups excluding carboxylic acids is 2. The molecular weight excluding hydrogens is 376 g/mol. The molecule has 6 heteroatoms. The zero-order valence-electron chi connectivity index (χ0n) is 16.6. The van der Waals surface area contributed by atoms with E-state index in [4.69, 9.17) is 16.3 Å². The molecule has 0 heterocycles. The average Bonchev–Trinajstić information content (AvgIpc) is 2.68. The summed E-state index contributed by atoms with van der Waals surface area (Å²) in [5.74, 6) is 0.257. The lowest BCUT2D eigenvalue weighted by atomic mass is 10.1. The molecule has 0 unspecified atom stereocenters. The number of aryl methyl sites for hydroxylation is 1. The Morgan fingerprint density at radius 3 is 2.39 bits per heavy atom. The summed E-state index contributed by atoms with van der Waals surface area (Å²) >= 11 is 5.96. The lowest BCUT2D eigenvalue weighted by Crippen LogP contribution is -2.50. The molecule has 0 fully saturated rings. The van der Waals surface area contributed by atoms with Crippen molar-refractivity contribution in [2.24, 2.45) is 0 Å². The van der Waals surface area contributed by atoms with Crippen molar-refractivity contribution < 1.29 is 14.3 Å². The predicted molar refractivity (Wildman–Crippen MR) is 111 cm³/mol. The van der Waals surface area contributed by atoms with Crippen LogP contribution >= 0.6 is 11.6 Å². The standard InChI is InChI=1S/C22H27ClN2O3/c1-4-19(22(27)24-5-2)25(14-17-10-12-18(23)13-11-17)21(26)15-28-20-9-7-6-8-16(20)3/h6-13,19H,4-5,14-15H2,1-3H3,(H,24,27)/t19-/m0/s1. The van der Waals surface area contributed by atoms with Crippen molar-refractivity contribution >= 4 is 23.4 Å². The van der Waals surface area contributed by atoms with Crippen LogP contribution in [-0.2, 0) is 16.1 Å². The Morgan fingerprint density at radius 2 is 1.79 bits per heavy atom. The highest BCUT2D eigenvalue weighted by Gasteiger charge is 2.28. The van der Waals surface area contributed by atoms with Gasteiger partial charge in [0.2, 0.25) is 5.91 Å². The van der Waals surface area contributed by atoms with E-state index in [1.807, 2.05) is 57.2 Å². The molecule has 0 aliphatic carbocycles. The van der Waals surface area contributed by atoms with Gasteiger partial charge in [-0.25, -0.2) is 0 Å². The van der Waals surface area contributed by atoms with Crippen LogP contribution in [0, 0.1) is 6.92 Å². The molecule has 0 bridgehead atoms. The van der Waals surface area contributed by atoms with Crippen LogP contribution in [0.5, 0.6) is 5.75 Å². The molecule has 2 rings (SSSR count). The number of rotatable bonds is 9. The number of nitrogens with zero attached hydrogens (tertiary/aromatic N) is 1. The van der Waals surface area contributed by atoms with E-state index < -0.39 is 6.04 Å². The molecule has 1 N–H and O–H groups in total. The summed E-state index contributed by atoms with van der Waals surface area (Å²) in [6.07, 6.45) is 0.509. The Kier molecular flexibility index (Phi) is 8.33. The van der Waals surface area contributed by atoms with Crippen molar-refractivity contribution in [1.29, 1.82) is 0 Å². The second-order valence-electron chi connectivity index (χ2n) is 6.52. The van der Waals surface area contributed by atoms with Gasteiger partial charge in [0.1, 0.15) is 11.8 Å². The highest BCUT2D eigenvalue weighted by atomic mass is 35.5. The molecule has 2 amide bonds. The highest BCUT2D eigenvalue weighted by Crippen LogP contribution is 2.18. The largest absolute Gasteiger partial charge is 0.484 e. The maximum Gasteiger partial charge on any atom is 0.261 e. The first kappa shape index (κ1) is 21.8. The minimum absolute atomic E-state index is 0.131. The van der Waals surface area contributed by atoms with Crippen molar-refractivity contribution in [2.75, 3.05) is 13.2 Å². The number of hydrogen-bond donors (Lipinski definition) is 1. The van der Waals surface area contributed by atoms with Crippen LogP contribution < -0.4 is 10.1 Å². The molecular formula is C22H27ClN2O3. The topological polar surface area (TPSA) is 58.6 Å². The highest BCUT2D eigenvalue weighted by molar-refractivity contribution is 6.30. The van der Waals surface area contributed by atoms with Gasteiger partial charge in [0.05, 0.1) is 0 Å². The zero-order chi connectivity index (χ0) is 20.5. The monoisotopic (exact) mass is 402 g/mol. The fourth-order valence-corrected chi connectivity index (χ4v) is 3.06. The van der Waals surface area contributed by atoms with Crippen LogP contribution in [0.15, 0.2) is 48.5 Å². The first-order chi connectivity index (χ1) is 13.5. The van der Waals surface area contributed by atoms with E-state index in [9.17, 15) is 9.59 Å². The van der Waals surface area contributed by atoms with Crippen molar-refractivity contribution in [3.63, 3.8) is 0 Å². The summed E-state index contributed by atoms with van der Waals surface area (Å²) in [5.41, 5.74) is 1.85. The maximum absolute atomic E-state index is 13.0. The minimum Gasteiger partial charge on any atom is -0.484 e. The van der Waals surface area contributed by atoms with E-state index in [2.05, 4.69) is 5.32 Å². The predicted octanol–water partition coefficient (Wildman–Crippen LogP) is 3.97. The Balaban J connectivity index is 2.19. The summed E-state index contributed by atoms with van der Waals surface area (Å²) in [6, 6.07) is 14.2. The second kappa shape index (κ2) is 10.7. The molecule has 28 heavy (non-hydrogen) atoms. The smallest absolute Gasteiger partial charge is 0.261 e. The van der Waals surface area contributed by atoms with Gasteiger partial charge in [-0.3, -0.25) is 9.59 Å². The Hall–Kier alpha value is -2.53. The molecule has 0 aromatic heterocycles. The van der Waals surface area contributed by atoms with E-state index in [-0.39, 0.29) is 18.4 Å². The van der Waals surface area contributed by atoms with Crippen LogP contribution in [0.2, 0.25) is 5.02 Å². The number of nitrogens with one attached hydrogen (secondary N) is 1. The van der Waals surface area contributed by atoms with Crippen LogP contribution in [0.1, 0.15) is 31.4 Å². The van der Waals surface area contributed by atoms with Crippen molar-refractivity contribution in [3.05, 3.63) is 64.7 Å². The van der Waals surface area contributed by atoms with Gasteiger partial charge >= 0.3 is 0 Å². The van der Waals surface area contributed by atoms with Gasteiger partial charge in [-0.15, -0.1) is 0 Å². The van der Waals surface area contributed by atoms with Gasteiger partial charge in [-0.05, 0) is 49.6 Å². The molecule has 2 aromatic carbocycles. The van der Waals surface area contributed by atoms with Crippen molar-refractivity contribution in [2.45, 2.75) is 39.8 Å². The van der Waals surface area contributed by atoms with Gasteiger partial charge < -0.3 is 15.0 Å².